The molecule has 0 unspecified atom stereocenters. The number of carbonyl (C=O) groups is 2. The first kappa shape index (κ1) is 15.1. The molecule has 0 aliphatic carbocycles. The molecule has 0 saturated heterocycles. The molecule has 4 nitrogen and oxygen atoms in total. The highest BCUT2D eigenvalue weighted by molar-refractivity contribution is 6.34. The normalized spacial score (nSPS) is 13.7. The summed E-state index contributed by atoms with van der Waals surface area (Å²) in [6.07, 6.45) is -0.413. The molecule has 0 bridgehead atoms. The Kier molecular flexibility index (Phi) is 3.60. The van der Waals surface area contributed by atoms with Crippen LogP contribution in [0.4, 0.5) is 14.5 Å². The predicted octanol–water partition coefficient (Wildman–Crippen LogP) is 3.55. The molecule has 3 rings (SSSR count). The second kappa shape index (κ2) is 5.46. The maximum Gasteiger partial charge on any atom is 0.266 e. The molecule has 0 N–H and O–H groups in total. The van der Waals surface area contributed by atoms with Gasteiger partial charge in [0.05, 0.1) is 22.9 Å². The van der Waals surface area contributed by atoms with Gasteiger partial charge >= 0.3 is 0 Å². The van der Waals surface area contributed by atoms with E-state index >= 15 is 0 Å². The molecule has 23 heavy (non-hydrogen) atoms. The fourth-order valence-electron chi connectivity index (χ4n) is 2.45. The van der Waals surface area contributed by atoms with Crippen molar-refractivity contribution in [2.75, 3.05) is 4.90 Å². The first-order valence-electron chi connectivity index (χ1n) is 7.03. The molecule has 1 aliphatic heterocycles. The fraction of sp³-hybridized carbons (Fsp3) is 0.176. The number of halogens is 2. The van der Waals surface area contributed by atoms with Gasteiger partial charge in [-0.05, 0) is 26.0 Å². The standard InChI is InChI=1S/C17H13F2NO3/c1-9(2)23-15-13(18)7-10(8-14(15)19)20-16(21)11-5-3-4-6-12(11)17(20)22/h3-9H,1-2H3. The van der Waals surface area contributed by atoms with Gasteiger partial charge in [-0.25, -0.2) is 13.7 Å². The Hall–Kier alpha value is -2.76. The van der Waals surface area contributed by atoms with Crippen molar-refractivity contribution in [1.82, 2.24) is 0 Å². The molecule has 2 aromatic rings. The molecule has 118 valence electrons. The minimum Gasteiger partial charge on any atom is -0.485 e. The number of fused-ring (bicyclic) bond motifs is 1. The average Bonchev–Trinajstić information content (AvgIpc) is 2.75. The maximum atomic E-state index is 14.1. The van der Waals surface area contributed by atoms with Gasteiger partial charge < -0.3 is 4.74 Å². The summed E-state index contributed by atoms with van der Waals surface area (Å²) in [5.41, 5.74) is 0.254. The molecular formula is C17H13F2NO3. The second-order valence-electron chi connectivity index (χ2n) is 5.40. The van der Waals surface area contributed by atoms with Crippen molar-refractivity contribution in [3.8, 4) is 5.75 Å². The van der Waals surface area contributed by atoms with Gasteiger partial charge in [-0.3, -0.25) is 9.59 Å². The van der Waals surface area contributed by atoms with E-state index in [0.29, 0.717) is 0 Å². The van der Waals surface area contributed by atoms with Crippen LogP contribution in [0, 0.1) is 11.6 Å². The van der Waals surface area contributed by atoms with Crippen LogP contribution in [0.2, 0.25) is 0 Å². The average molecular weight is 317 g/mol. The van der Waals surface area contributed by atoms with E-state index in [4.69, 9.17) is 4.74 Å². The molecule has 0 fully saturated rings. The Morgan fingerprint density at radius 3 is 1.87 bits per heavy atom. The summed E-state index contributed by atoms with van der Waals surface area (Å²) in [7, 11) is 0. The number of carbonyl (C=O) groups excluding carboxylic acids is 2. The van der Waals surface area contributed by atoms with E-state index in [1.165, 1.54) is 12.1 Å². The maximum absolute atomic E-state index is 14.1. The second-order valence-corrected chi connectivity index (χ2v) is 5.40. The summed E-state index contributed by atoms with van der Waals surface area (Å²) in [6, 6.07) is 8.07. The third-order valence-electron chi connectivity index (χ3n) is 3.39. The van der Waals surface area contributed by atoms with Crippen LogP contribution in [-0.2, 0) is 0 Å². The molecule has 2 aromatic carbocycles. The van der Waals surface area contributed by atoms with Crippen LogP contribution < -0.4 is 9.64 Å². The number of imide groups is 1. The molecule has 0 saturated carbocycles. The third kappa shape index (κ3) is 2.46. The number of anilines is 1. The van der Waals surface area contributed by atoms with Gasteiger partial charge in [-0.2, -0.15) is 0 Å². The van der Waals surface area contributed by atoms with E-state index < -0.39 is 35.3 Å². The predicted molar refractivity (Wildman–Crippen MR) is 79.7 cm³/mol. The molecule has 0 atom stereocenters. The Balaban J connectivity index is 2.04. The van der Waals surface area contributed by atoms with E-state index in [1.807, 2.05) is 0 Å². The Bertz CT molecular complexity index is 759. The van der Waals surface area contributed by atoms with Crippen LogP contribution in [0.15, 0.2) is 36.4 Å². The van der Waals surface area contributed by atoms with Crippen molar-refractivity contribution >= 4 is 17.5 Å². The van der Waals surface area contributed by atoms with Crippen LogP contribution in [0.25, 0.3) is 0 Å². The van der Waals surface area contributed by atoms with Crippen LogP contribution in [0.1, 0.15) is 34.6 Å². The van der Waals surface area contributed by atoms with Crippen molar-refractivity contribution in [2.45, 2.75) is 20.0 Å². The summed E-state index contributed by atoms with van der Waals surface area (Å²) in [5.74, 6) is -3.68. The molecule has 1 aliphatic rings. The minimum absolute atomic E-state index is 0.165. The molecule has 0 radical (unpaired) electrons. The minimum atomic E-state index is -0.967. The van der Waals surface area contributed by atoms with Crippen molar-refractivity contribution < 1.29 is 23.1 Å². The van der Waals surface area contributed by atoms with Gasteiger partial charge in [0, 0.05) is 12.1 Å². The Morgan fingerprint density at radius 2 is 1.43 bits per heavy atom. The van der Waals surface area contributed by atoms with Crippen LogP contribution >= 0.6 is 0 Å². The number of hydrogen-bond acceptors (Lipinski definition) is 3. The van der Waals surface area contributed by atoms with Crippen LogP contribution in [-0.4, -0.2) is 17.9 Å². The van der Waals surface area contributed by atoms with Crippen molar-refractivity contribution in [1.29, 1.82) is 0 Å². The lowest BCUT2D eigenvalue weighted by atomic mass is 10.1. The Morgan fingerprint density at radius 1 is 0.957 bits per heavy atom. The largest absolute Gasteiger partial charge is 0.485 e. The van der Waals surface area contributed by atoms with Gasteiger partial charge in [0.2, 0.25) is 0 Å². The number of ether oxygens (including phenoxy) is 1. The van der Waals surface area contributed by atoms with Gasteiger partial charge in [-0.15, -0.1) is 0 Å². The third-order valence-corrected chi connectivity index (χ3v) is 3.39. The number of nitrogens with zero attached hydrogens (tertiary/aromatic N) is 1. The first-order valence-corrected chi connectivity index (χ1v) is 7.03. The smallest absolute Gasteiger partial charge is 0.266 e. The van der Waals surface area contributed by atoms with Gasteiger partial charge in [0.15, 0.2) is 17.4 Å². The molecule has 0 aromatic heterocycles. The zero-order valence-electron chi connectivity index (χ0n) is 12.5. The lowest BCUT2D eigenvalue weighted by Gasteiger charge is -2.17. The van der Waals surface area contributed by atoms with Gasteiger partial charge in [0.1, 0.15) is 0 Å². The molecule has 2 amide bonds. The highest BCUT2D eigenvalue weighted by Crippen LogP contribution is 2.33. The SMILES string of the molecule is CC(C)Oc1c(F)cc(N2C(=O)c3ccccc3C2=O)cc1F. The lowest BCUT2D eigenvalue weighted by Crippen LogP contribution is -2.29. The zero-order valence-corrected chi connectivity index (χ0v) is 12.5. The van der Waals surface area contributed by atoms with Crippen molar-refractivity contribution in [3.05, 3.63) is 59.2 Å². The highest BCUT2D eigenvalue weighted by atomic mass is 19.1. The highest BCUT2D eigenvalue weighted by Gasteiger charge is 2.37. The summed E-state index contributed by atoms with van der Waals surface area (Å²) in [6.45, 7) is 3.27. The molecule has 6 heteroatoms. The Labute approximate surface area is 131 Å². The van der Waals surface area contributed by atoms with Crippen LogP contribution in [0.3, 0.4) is 0 Å². The van der Waals surface area contributed by atoms with E-state index in [0.717, 1.165) is 17.0 Å². The molecular weight excluding hydrogens is 304 g/mol. The van der Waals surface area contributed by atoms with Gasteiger partial charge in [-0.1, -0.05) is 12.1 Å². The van der Waals surface area contributed by atoms with E-state index in [2.05, 4.69) is 0 Å². The number of hydrogen-bond donors (Lipinski definition) is 0. The van der Waals surface area contributed by atoms with E-state index in [9.17, 15) is 18.4 Å². The van der Waals surface area contributed by atoms with E-state index in [-0.39, 0.29) is 16.8 Å². The summed E-state index contributed by atoms with van der Waals surface area (Å²) >= 11 is 0. The monoisotopic (exact) mass is 317 g/mol. The van der Waals surface area contributed by atoms with E-state index in [1.54, 1.807) is 26.0 Å². The number of amides is 2. The molecule has 1 heterocycles. The summed E-state index contributed by atoms with van der Waals surface area (Å²) in [5, 5.41) is 0. The lowest BCUT2D eigenvalue weighted by molar-refractivity contribution is 0.0926. The summed E-state index contributed by atoms with van der Waals surface area (Å²) in [4.78, 5) is 25.4. The zero-order chi connectivity index (χ0) is 16.7. The van der Waals surface area contributed by atoms with Crippen LogP contribution in [0.5, 0.6) is 5.75 Å². The summed E-state index contributed by atoms with van der Waals surface area (Å²) < 4.78 is 33.3. The molecule has 0 spiro atoms. The first-order chi connectivity index (χ1) is 10.9. The number of rotatable bonds is 3. The topological polar surface area (TPSA) is 46.6 Å². The van der Waals surface area contributed by atoms with Crippen molar-refractivity contribution in [2.24, 2.45) is 0 Å². The van der Waals surface area contributed by atoms with Gasteiger partial charge in [0.25, 0.3) is 11.8 Å². The quantitative estimate of drug-likeness (QED) is 0.813. The fourth-order valence-corrected chi connectivity index (χ4v) is 2.45. The van der Waals surface area contributed by atoms with Crippen molar-refractivity contribution in [3.63, 3.8) is 0 Å². The number of benzene rings is 2.